The molecule has 1 saturated carbocycles. The normalized spacial score (nSPS) is 25.4. The third-order valence-electron chi connectivity index (χ3n) is 3.71. The molecule has 1 N–H and O–H groups in total. The highest BCUT2D eigenvalue weighted by Crippen LogP contribution is 2.44. The van der Waals surface area contributed by atoms with Crippen LogP contribution in [-0.2, 0) is 0 Å². The first-order valence-corrected chi connectivity index (χ1v) is 7.05. The van der Waals surface area contributed by atoms with E-state index in [1.807, 2.05) is 13.0 Å². The molecular weight excluding hydrogens is 254 g/mol. The smallest absolute Gasteiger partial charge is 0.139 e. The van der Waals surface area contributed by atoms with Crippen molar-refractivity contribution in [2.75, 3.05) is 6.61 Å². The van der Waals surface area contributed by atoms with E-state index >= 15 is 0 Å². The van der Waals surface area contributed by atoms with Crippen molar-refractivity contribution in [3.05, 3.63) is 24.3 Å². The summed E-state index contributed by atoms with van der Waals surface area (Å²) in [5, 5.41) is 9.87. The Balaban J connectivity index is 1.91. The van der Waals surface area contributed by atoms with Gasteiger partial charge in [-0.15, -0.1) is 0 Å². The van der Waals surface area contributed by atoms with Crippen LogP contribution in [0.5, 0.6) is 5.75 Å². The summed E-state index contributed by atoms with van der Waals surface area (Å²) in [5.74, 6) is 1.01. The molecule has 0 bridgehead atoms. The number of hydrogen-bond donors (Lipinski definition) is 1. The maximum Gasteiger partial charge on any atom is 0.139 e. The molecule has 5 nitrogen and oxygen atoms in total. The average molecular weight is 273 g/mol. The van der Waals surface area contributed by atoms with Crippen molar-refractivity contribution in [3.63, 3.8) is 0 Å². The van der Waals surface area contributed by atoms with E-state index in [2.05, 4.69) is 21.9 Å². The van der Waals surface area contributed by atoms with Crippen LogP contribution in [0.15, 0.2) is 18.6 Å². The minimum Gasteiger partial charge on any atom is -0.492 e. The van der Waals surface area contributed by atoms with E-state index in [1.54, 1.807) is 12.5 Å². The first-order valence-electron chi connectivity index (χ1n) is 7.05. The Morgan fingerprint density at radius 3 is 2.85 bits per heavy atom. The fourth-order valence-electron chi connectivity index (χ4n) is 2.74. The van der Waals surface area contributed by atoms with Crippen LogP contribution in [0.1, 0.15) is 44.7 Å². The molecule has 106 valence electrons. The van der Waals surface area contributed by atoms with Gasteiger partial charge in [-0.2, -0.15) is 0 Å². The molecule has 3 rings (SSSR count). The van der Waals surface area contributed by atoms with E-state index < -0.39 is 5.60 Å². The van der Waals surface area contributed by atoms with Crippen molar-refractivity contribution < 1.29 is 9.84 Å². The number of aromatic nitrogens is 3. The van der Waals surface area contributed by atoms with Crippen molar-refractivity contribution in [2.24, 2.45) is 0 Å². The Hall–Kier alpha value is -1.75. The second-order valence-corrected chi connectivity index (χ2v) is 5.75. The van der Waals surface area contributed by atoms with E-state index in [1.165, 1.54) is 0 Å². The molecule has 2 heterocycles. The largest absolute Gasteiger partial charge is 0.492 e. The maximum absolute atomic E-state index is 9.87. The van der Waals surface area contributed by atoms with Crippen molar-refractivity contribution in [3.8, 4) is 5.75 Å². The molecule has 0 saturated heterocycles. The van der Waals surface area contributed by atoms with Gasteiger partial charge in [0.15, 0.2) is 0 Å². The van der Waals surface area contributed by atoms with Crippen LogP contribution < -0.4 is 4.74 Å². The lowest BCUT2D eigenvalue weighted by Crippen LogP contribution is -2.39. The lowest BCUT2D eigenvalue weighted by Gasteiger charge is -2.40. The summed E-state index contributed by atoms with van der Waals surface area (Å²) in [5.41, 5.74) is 1.99. The van der Waals surface area contributed by atoms with Crippen LogP contribution in [0.4, 0.5) is 0 Å². The lowest BCUT2D eigenvalue weighted by atomic mass is 9.70. The van der Waals surface area contributed by atoms with Gasteiger partial charge in [-0.05, 0) is 26.2 Å². The molecule has 0 radical (unpaired) electrons. The number of aliphatic hydroxyl groups is 1. The summed E-state index contributed by atoms with van der Waals surface area (Å²) >= 11 is 0. The zero-order valence-electron chi connectivity index (χ0n) is 11.8. The van der Waals surface area contributed by atoms with Gasteiger partial charge in [0.05, 0.1) is 29.6 Å². The Morgan fingerprint density at radius 2 is 2.15 bits per heavy atom. The quantitative estimate of drug-likeness (QED) is 0.926. The van der Waals surface area contributed by atoms with Crippen molar-refractivity contribution in [2.45, 2.75) is 44.6 Å². The number of ether oxygens (including phenoxy) is 1. The molecule has 0 aromatic carbocycles. The third-order valence-corrected chi connectivity index (χ3v) is 3.71. The number of fused-ring (bicyclic) bond motifs is 1. The fraction of sp³-hybridized carbons (Fsp3) is 0.533. The zero-order valence-corrected chi connectivity index (χ0v) is 11.8. The van der Waals surface area contributed by atoms with Crippen LogP contribution in [0.2, 0.25) is 0 Å². The van der Waals surface area contributed by atoms with Gasteiger partial charge in [0, 0.05) is 12.0 Å². The molecule has 0 amide bonds. The van der Waals surface area contributed by atoms with Crippen LogP contribution in [0.3, 0.4) is 0 Å². The summed E-state index contributed by atoms with van der Waals surface area (Å²) in [6.07, 6.45) is 5.71. The van der Waals surface area contributed by atoms with Crippen molar-refractivity contribution >= 4 is 11.0 Å². The molecule has 0 atom stereocenters. The van der Waals surface area contributed by atoms with E-state index in [9.17, 15) is 5.11 Å². The van der Waals surface area contributed by atoms with Gasteiger partial charge in [-0.3, -0.25) is 0 Å². The molecule has 1 aliphatic carbocycles. The Morgan fingerprint density at radius 1 is 1.35 bits per heavy atom. The second kappa shape index (κ2) is 4.98. The molecule has 5 heteroatoms. The summed E-state index contributed by atoms with van der Waals surface area (Å²) in [6, 6.07) is 1.90. The minimum absolute atomic E-state index is 0.269. The van der Waals surface area contributed by atoms with Gasteiger partial charge < -0.3 is 9.84 Å². The highest BCUT2D eigenvalue weighted by molar-refractivity contribution is 5.78. The number of hydrogen-bond acceptors (Lipinski definition) is 5. The van der Waals surface area contributed by atoms with Gasteiger partial charge in [0.1, 0.15) is 17.6 Å². The number of nitrogens with zero attached hydrogens (tertiary/aromatic N) is 3. The first-order chi connectivity index (χ1) is 9.59. The SMILES string of the molecule is CCCOc1cnc2c(C3CC(C)(O)C3)ncnc2c1. The summed E-state index contributed by atoms with van der Waals surface area (Å²) in [7, 11) is 0. The summed E-state index contributed by atoms with van der Waals surface area (Å²) in [6.45, 7) is 4.60. The molecule has 1 aliphatic rings. The third kappa shape index (κ3) is 2.45. The van der Waals surface area contributed by atoms with Crippen LogP contribution in [0, 0.1) is 0 Å². The average Bonchev–Trinajstić information content (AvgIpc) is 2.41. The van der Waals surface area contributed by atoms with Crippen LogP contribution >= 0.6 is 0 Å². The Kier molecular flexibility index (Phi) is 3.30. The summed E-state index contributed by atoms with van der Waals surface area (Å²) < 4.78 is 5.57. The molecule has 0 spiro atoms. The standard InChI is InChI=1S/C15H19N3O2/c1-3-4-20-11-5-12-14(16-8-11)13(18-9-17-12)10-6-15(2,19)7-10/h5,8-10,19H,3-4,6-7H2,1-2H3. The van der Waals surface area contributed by atoms with Gasteiger partial charge in [0.25, 0.3) is 0 Å². The molecule has 2 aromatic heterocycles. The predicted molar refractivity (Wildman–Crippen MR) is 75.7 cm³/mol. The molecule has 1 fully saturated rings. The molecule has 0 unspecified atom stereocenters. The van der Waals surface area contributed by atoms with E-state index in [0.717, 1.165) is 41.7 Å². The highest BCUT2D eigenvalue weighted by atomic mass is 16.5. The zero-order chi connectivity index (χ0) is 14.2. The topological polar surface area (TPSA) is 68.1 Å². The molecular formula is C15H19N3O2. The van der Waals surface area contributed by atoms with Crippen molar-refractivity contribution in [1.82, 2.24) is 15.0 Å². The second-order valence-electron chi connectivity index (χ2n) is 5.75. The molecule has 0 aliphatic heterocycles. The maximum atomic E-state index is 9.87. The molecule has 20 heavy (non-hydrogen) atoms. The number of pyridine rings is 1. The van der Waals surface area contributed by atoms with Gasteiger partial charge in [0.2, 0.25) is 0 Å². The first kappa shape index (κ1) is 13.2. The summed E-state index contributed by atoms with van der Waals surface area (Å²) in [4.78, 5) is 13.1. The van der Waals surface area contributed by atoms with Gasteiger partial charge in [-0.1, -0.05) is 6.92 Å². The fourth-order valence-corrected chi connectivity index (χ4v) is 2.74. The monoisotopic (exact) mass is 273 g/mol. The lowest BCUT2D eigenvalue weighted by molar-refractivity contribution is -0.0320. The van der Waals surface area contributed by atoms with E-state index in [4.69, 9.17) is 4.74 Å². The van der Waals surface area contributed by atoms with E-state index in [0.29, 0.717) is 6.61 Å². The van der Waals surface area contributed by atoms with Crippen LogP contribution in [0.25, 0.3) is 11.0 Å². The van der Waals surface area contributed by atoms with E-state index in [-0.39, 0.29) is 5.92 Å². The number of rotatable bonds is 4. The highest BCUT2D eigenvalue weighted by Gasteiger charge is 2.40. The Bertz CT molecular complexity index is 620. The molecule has 2 aromatic rings. The van der Waals surface area contributed by atoms with Crippen LogP contribution in [-0.4, -0.2) is 32.3 Å². The minimum atomic E-state index is -0.563. The van der Waals surface area contributed by atoms with Gasteiger partial charge >= 0.3 is 0 Å². The van der Waals surface area contributed by atoms with Crippen molar-refractivity contribution in [1.29, 1.82) is 0 Å². The predicted octanol–water partition coefficient (Wildman–Crippen LogP) is 2.44. The Labute approximate surface area is 118 Å². The van der Waals surface area contributed by atoms with Gasteiger partial charge in [-0.25, -0.2) is 15.0 Å².